The first kappa shape index (κ1) is 19.3. The third-order valence-corrected chi connectivity index (χ3v) is 5.26. The number of rotatable bonds is 4. The topological polar surface area (TPSA) is 82.7 Å². The second kappa shape index (κ2) is 7.86. The second-order valence-electron chi connectivity index (χ2n) is 7.20. The number of phenols is 2. The average molecular weight is 419 g/mol. The van der Waals surface area contributed by atoms with Gasteiger partial charge < -0.3 is 19.7 Å². The van der Waals surface area contributed by atoms with Gasteiger partial charge in [-0.15, -0.1) is 0 Å². The number of hydrogen-bond donors (Lipinski definition) is 2. The highest BCUT2D eigenvalue weighted by Gasteiger charge is 2.15. The Kier molecular flexibility index (Phi) is 4.74. The van der Waals surface area contributed by atoms with E-state index in [4.69, 9.17) is 9.47 Å². The van der Waals surface area contributed by atoms with Gasteiger partial charge in [0.1, 0.15) is 46.1 Å². The fraction of sp³-hybridized carbons (Fsp3) is 0. The zero-order chi connectivity index (χ0) is 22.1. The van der Waals surface area contributed by atoms with Crippen LogP contribution < -0.4 is 9.47 Å². The van der Waals surface area contributed by atoms with E-state index in [1.807, 2.05) is 12.1 Å². The van der Waals surface area contributed by atoms with Crippen LogP contribution in [-0.2, 0) is 0 Å². The Bertz CT molecular complexity index is 1410. The van der Waals surface area contributed by atoms with Crippen molar-refractivity contribution in [3.63, 3.8) is 0 Å². The Morgan fingerprint density at radius 2 is 0.875 bits per heavy atom. The quantitative estimate of drug-likeness (QED) is 0.332. The maximum absolute atomic E-state index is 10.1. The van der Waals surface area contributed by atoms with Crippen molar-refractivity contribution in [2.75, 3.05) is 0 Å². The van der Waals surface area contributed by atoms with E-state index < -0.39 is 0 Å². The van der Waals surface area contributed by atoms with Gasteiger partial charge in [-0.2, -0.15) is 5.26 Å². The maximum atomic E-state index is 10.1. The number of aromatic hydroxyl groups is 2. The minimum Gasteiger partial charge on any atom is -0.507 e. The van der Waals surface area contributed by atoms with Crippen molar-refractivity contribution in [1.29, 1.82) is 5.26 Å². The van der Waals surface area contributed by atoms with Crippen molar-refractivity contribution in [2.45, 2.75) is 0 Å². The van der Waals surface area contributed by atoms with Gasteiger partial charge in [0.05, 0.1) is 0 Å². The lowest BCUT2D eigenvalue weighted by Gasteiger charge is -2.14. The normalized spacial score (nSPS) is 10.7. The molecule has 0 bridgehead atoms. The zero-order valence-corrected chi connectivity index (χ0v) is 16.8. The summed E-state index contributed by atoms with van der Waals surface area (Å²) in [6, 6.07) is 28.5. The first-order valence-electron chi connectivity index (χ1n) is 9.96. The summed E-state index contributed by atoms with van der Waals surface area (Å²) in [6.07, 6.45) is 0. The Morgan fingerprint density at radius 1 is 0.500 bits per heavy atom. The van der Waals surface area contributed by atoms with Crippen LogP contribution in [0.1, 0.15) is 5.56 Å². The molecule has 0 atom stereocenters. The molecule has 5 nitrogen and oxygen atoms in total. The first-order valence-corrected chi connectivity index (χ1v) is 9.96. The molecule has 0 heterocycles. The molecule has 2 N–H and O–H groups in total. The third-order valence-electron chi connectivity index (χ3n) is 5.26. The molecule has 0 saturated carbocycles. The van der Waals surface area contributed by atoms with E-state index >= 15 is 0 Å². The number of phenolic OH excluding ortho intramolecular Hbond substituents is 2. The van der Waals surface area contributed by atoms with Gasteiger partial charge in [-0.05, 0) is 36.4 Å². The fourth-order valence-electron chi connectivity index (χ4n) is 3.74. The lowest BCUT2D eigenvalue weighted by molar-refractivity contribution is 0.461. The summed E-state index contributed by atoms with van der Waals surface area (Å²) in [5.41, 5.74) is 0.238. The van der Waals surface area contributed by atoms with Crippen LogP contribution in [0.4, 0.5) is 0 Å². The fourth-order valence-corrected chi connectivity index (χ4v) is 3.74. The van der Waals surface area contributed by atoms with Crippen LogP contribution in [0.3, 0.4) is 0 Å². The molecule has 5 aromatic carbocycles. The van der Waals surface area contributed by atoms with Crippen LogP contribution in [-0.4, -0.2) is 10.2 Å². The molecule has 0 aliphatic carbocycles. The van der Waals surface area contributed by atoms with E-state index in [0.717, 1.165) is 10.8 Å². The molecule has 0 aliphatic rings. The molecule has 0 aromatic heterocycles. The second-order valence-corrected chi connectivity index (χ2v) is 7.20. The number of benzene rings is 5. The van der Waals surface area contributed by atoms with Gasteiger partial charge in [0.25, 0.3) is 0 Å². The van der Waals surface area contributed by atoms with Crippen LogP contribution in [0.2, 0.25) is 0 Å². The van der Waals surface area contributed by atoms with Crippen molar-refractivity contribution in [1.82, 2.24) is 0 Å². The standard InChI is InChI=1S/C27H17NO4/c28-16-21-26(31-24-12-3-6-17-19(24)8-1-10-22(17)29)14-5-15-27(21)32-25-13-4-7-18-20(25)9-2-11-23(18)30/h1-15,29-30H. The van der Waals surface area contributed by atoms with Crippen molar-refractivity contribution in [3.8, 4) is 40.6 Å². The molecule has 5 aromatic rings. The van der Waals surface area contributed by atoms with E-state index in [9.17, 15) is 15.5 Å². The predicted octanol–water partition coefficient (Wildman–Crippen LogP) is 6.86. The minimum absolute atomic E-state index is 0.157. The minimum atomic E-state index is 0.157. The third kappa shape index (κ3) is 3.30. The summed E-state index contributed by atoms with van der Waals surface area (Å²) >= 11 is 0. The number of nitriles is 1. The molecule has 5 rings (SSSR count). The van der Waals surface area contributed by atoms with E-state index in [1.165, 1.54) is 0 Å². The van der Waals surface area contributed by atoms with Gasteiger partial charge in [0, 0.05) is 21.5 Å². The highest BCUT2D eigenvalue weighted by Crippen LogP contribution is 2.40. The summed E-state index contributed by atoms with van der Waals surface area (Å²) in [7, 11) is 0. The van der Waals surface area contributed by atoms with E-state index in [2.05, 4.69) is 6.07 Å². The smallest absolute Gasteiger partial charge is 0.149 e. The molecule has 154 valence electrons. The molecular weight excluding hydrogens is 402 g/mol. The van der Waals surface area contributed by atoms with Gasteiger partial charge in [0.15, 0.2) is 0 Å². The molecule has 32 heavy (non-hydrogen) atoms. The number of hydrogen-bond acceptors (Lipinski definition) is 5. The average Bonchev–Trinajstić information content (AvgIpc) is 2.81. The van der Waals surface area contributed by atoms with Crippen molar-refractivity contribution in [2.24, 2.45) is 0 Å². The van der Waals surface area contributed by atoms with Crippen LogP contribution in [0.25, 0.3) is 21.5 Å². The molecule has 0 radical (unpaired) electrons. The summed E-state index contributed by atoms with van der Waals surface area (Å²) in [5.74, 6) is 2.02. The lowest BCUT2D eigenvalue weighted by Crippen LogP contribution is -1.94. The number of nitrogens with zero attached hydrogens (tertiary/aromatic N) is 1. The molecule has 0 fully saturated rings. The lowest BCUT2D eigenvalue weighted by atomic mass is 10.1. The summed E-state index contributed by atoms with van der Waals surface area (Å²) in [5, 5.41) is 32.9. The SMILES string of the molecule is N#Cc1c(Oc2cccc3c(O)cccc23)cccc1Oc1cccc2c(O)cccc12. The number of fused-ring (bicyclic) bond motifs is 2. The molecule has 0 aliphatic heterocycles. The molecular formula is C27H17NO4. The highest BCUT2D eigenvalue weighted by atomic mass is 16.5. The van der Waals surface area contributed by atoms with E-state index in [0.29, 0.717) is 33.8 Å². The van der Waals surface area contributed by atoms with Gasteiger partial charge >= 0.3 is 0 Å². The summed E-state index contributed by atoms with van der Waals surface area (Å²) in [6.45, 7) is 0. The molecule has 5 heteroatoms. The largest absolute Gasteiger partial charge is 0.507 e. The van der Waals surface area contributed by atoms with Gasteiger partial charge in [-0.25, -0.2) is 0 Å². The predicted molar refractivity (Wildman–Crippen MR) is 123 cm³/mol. The Labute approximate surface area is 183 Å². The van der Waals surface area contributed by atoms with Gasteiger partial charge in [0.2, 0.25) is 0 Å². The van der Waals surface area contributed by atoms with Crippen molar-refractivity contribution in [3.05, 3.63) is 96.6 Å². The van der Waals surface area contributed by atoms with Gasteiger partial charge in [-0.1, -0.05) is 54.6 Å². The van der Waals surface area contributed by atoms with Crippen molar-refractivity contribution >= 4 is 21.5 Å². The molecule has 0 saturated heterocycles. The maximum Gasteiger partial charge on any atom is 0.149 e. The van der Waals surface area contributed by atoms with Crippen LogP contribution in [0.5, 0.6) is 34.5 Å². The van der Waals surface area contributed by atoms with Crippen LogP contribution >= 0.6 is 0 Å². The Balaban J connectivity index is 1.57. The highest BCUT2D eigenvalue weighted by molar-refractivity contribution is 5.94. The van der Waals surface area contributed by atoms with Crippen LogP contribution in [0, 0.1) is 11.3 Å². The zero-order valence-electron chi connectivity index (χ0n) is 16.8. The van der Waals surface area contributed by atoms with Crippen LogP contribution in [0.15, 0.2) is 91.0 Å². The van der Waals surface area contributed by atoms with E-state index in [1.54, 1.807) is 78.9 Å². The first-order chi connectivity index (χ1) is 15.7. The Morgan fingerprint density at radius 3 is 1.34 bits per heavy atom. The molecule has 0 amide bonds. The molecule has 0 spiro atoms. The molecule has 0 unspecified atom stereocenters. The summed E-state index contributed by atoms with van der Waals surface area (Å²) < 4.78 is 12.2. The number of ether oxygens (including phenoxy) is 2. The van der Waals surface area contributed by atoms with Gasteiger partial charge in [-0.3, -0.25) is 0 Å². The van der Waals surface area contributed by atoms with Crippen molar-refractivity contribution < 1.29 is 19.7 Å². The monoisotopic (exact) mass is 419 g/mol. The Hall–Kier alpha value is -4.69. The summed E-state index contributed by atoms with van der Waals surface area (Å²) in [4.78, 5) is 0. The van der Waals surface area contributed by atoms with E-state index in [-0.39, 0.29) is 17.1 Å².